The molecule has 0 bridgehead atoms. The fourth-order valence-electron chi connectivity index (χ4n) is 2.04. The number of ether oxygens (including phenoxy) is 2. The van der Waals surface area contributed by atoms with Crippen LogP contribution < -0.4 is 20.7 Å². The smallest absolute Gasteiger partial charge is 0.329 e. The molecule has 9 heteroatoms. The second-order valence-electron chi connectivity index (χ2n) is 5.89. The molecule has 0 spiro atoms. The Balaban J connectivity index is 2.66. The Kier molecular flexibility index (Phi) is 8.77. The van der Waals surface area contributed by atoms with E-state index in [0.29, 0.717) is 17.9 Å². The summed E-state index contributed by atoms with van der Waals surface area (Å²) in [5.74, 6) is -1.63. The Morgan fingerprint density at radius 2 is 1.70 bits per heavy atom. The second kappa shape index (κ2) is 10.8. The monoisotopic (exact) mass is 379 g/mol. The maximum absolute atomic E-state index is 12.4. The summed E-state index contributed by atoms with van der Waals surface area (Å²) < 4.78 is 10.2. The number of hydrogen-bond acceptors (Lipinski definition) is 6. The number of rotatable bonds is 8. The van der Waals surface area contributed by atoms with E-state index in [2.05, 4.69) is 10.6 Å². The number of carbonyl (C=O) groups excluding carboxylic acids is 4. The summed E-state index contributed by atoms with van der Waals surface area (Å²) in [4.78, 5) is 47.1. The van der Waals surface area contributed by atoms with E-state index in [4.69, 9.17) is 9.47 Å². The average Bonchev–Trinajstić information content (AvgIpc) is 2.64. The van der Waals surface area contributed by atoms with E-state index in [1.54, 1.807) is 38.1 Å². The van der Waals surface area contributed by atoms with E-state index in [1.165, 1.54) is 7.05 Å². The van der Waals surface area contributed by atoms with E-state index in [1.807, 2.05) is 12.2 Å². The number of amides is 4. The summed E-state index contributed by atoms with van der Waals surface area (Å²) in [7, 11) is 1.35. The molecule has 0 aliphatic rings. The molecule has 0 fully saturated rings. The minimum atomic E-state index is -0.947. The Morgan fingerprint density at radius 1 is 1.07 bits per heavy atom. The molecule has 0 saturated carbocycles. The van der Waals surface area contributed by atoms with Gasteiger partial charge in [-0.15, -0.1) is 0 Å². The van der Waals surface area contributed by atoms with Crippen molar-refractivity contribution in [2.24, 2.45) is 5.92 Å². The first-order valence-corrected chi connectivity index (χ1v) is 8.50. The van der Waals surface area contributed by atoms with Crippen molar-refractivity contribution in [3.8, 4) is 5.75 Å². The van der Waals surface area contributed by atoms with Gasteiger partial charge in [0.1, 0.15) is 11.8 Å². The lowest BCUT2D eigenvalue weighted by molar-refractivity contribution is -0.151. The standard InChI is InChI=1S/C18H25N3O6/c1-5-26-13-8-6-12(7-9-13)16(23)21-15(11(2)3)17(24)27-10-14(22)20-18(25)19-4/h6-9,11,15H,5,10H2,1-4H3,(H,21,23)(H2,19,20,22,25)/t15-/m0/s1. The van der Waals surface area contributed by atoms with Gasteiger partial charge in [0.25, 0.3) is 11.8 Å². The quantitative estimate of drug-likeness (QED) is 0.575. The first-order valence-electron chi connectivity index (χ1n) is 8.50. The third-order valence-corrected chi connectivity index (χ3v) is 3.46. The van der Waals surface area contributed by atoms with E-state index < -0.39 is 36.5 Å². The summed E-state index contributed by atoms with van der Waals surface area (Å²) >= 11 is 0. The molecule has 148 valence electrons. The predicted molar refractivity (Wildman–Crippen MR) is 97.3 cm³/mol. The van der Waals surface area contributed by atoms with Crippen LogP contribution in [0.5, 0.6) is 5.75 Å². The summed E-state index contributed by atoms with van der Waals surface area (Å²) in [5, 5.41) is 6.77. The molecule has 0 aliphatic heterocycles. The van der Waals surface area contributed by atoms with Gasteiger partial charge in [-0.25, -0.2) is 9.59 Å². The molecule has 27 heavy (non-hydrogen) atoms. The largest absolute Gasteiger partial charge is 0.494 e. The number of imide groups is 1. The molecule has 0 aromatic heterocycles. The number of urea groups is 1. The van der Waals surface area contributed by atoms with Crippen LogP contribution in [-0.4, -0.2) is 50.1 Å². The first-order chi connectivity index (χ1) is 12.8. The molecule has 1 rings (SSSR count). The van der Waals surface area contributed by atoms with E-state index in [-0.39, 0.29) is 5.92 Å². The van der Waals surface area contributed by atoms with Crippen molar-refractivity contribution in [1.29, 1.82) is 0 Å². The van der Waals surface area contributed by atoms with Crippen molar-refractivity contribution in [3.63, 3.8) is 0 Å². The zero-order valence-corrected chi connectivity index (χ0v) is 15.8. The van der Waals surface area contributed by atoms with Crippen LogP contribution in [0.15, 0.2) is 24.3 Å². The maximum atomic E-state index is 12.4. The van der Waals surface area contributed by atoms with Gasteiger partial charge in [-0.05, 0) is 37.1 Å². The Bertz CT molecular complexity index is 672. The van der Waals surface area contributed by atoms with Crippen LogP contribution in [0.2, 0.25) is 0 Å². The molecule has 0 radical (unpaired) electrons. The summed E-state index contributed by atoms with van der Waals surface area (Å²) in [6.45, 7) is 5.20. The van der Waals surface area contributed by atoms with Gasteiger partial charge in [-0.3, -0.25) is 14.9 Å². The SMILES string of the molecule is CCOc1ccc(C(=O)N[C@H](C(=O)OCC(=O)NC(=O)NC)C(C)C)cc1. The molecular weight excluding hydrogens is 354 g/mol. The average molecular weight is 379 g/mol. The van der Waals surface area contributed by atoms with Crippen LogP contribution in [0, 0.1) is 5.92 Å². The molecule has 0 aliphatic carbocycles. The number of benzene rings is 1. The summed E-state index contributed by atoms with van der Waals surface area (Å²) in [6, 6.07) is 4.82. The Labute approximate surface area is 157 Å². The molecule has 0 heterocycles. The van der Waals surface area contributed by atoms with Gasteiger partial charge in [0.15, 0.2) is 6.61 Å². The van der Waals surface area contributed by atoms with Crippen molar-refractivity contribution in [1.82, 2.24) is 16.0 Å². The molecule has 1 atom stereocenters. The molecule has 0 unspecified atom stereocenters. The third-order valence-electron chi connectivity index (χ3n) is 3.46. The van der Waals surface area contributed by atoms with Gasteiger partial charge in [-0.1, -0.05) is 13.8 Å². The zero-order chi connectivity index (χ0) is 20.4. The van der Waals surface area contributed by atoms with Crippen molar-refractivity contribution >= 4 is 23.8 Å². The lowest BCUT2D eigenvalue weighted by atomic mass is 10.0. The molecule has 9 nitrogen and oxygen atoms in total. The van der Waals surface area contributed by atoms with Crippen LogP contribution in [0.25, 0.3) is 0 Å². The van der Waals surface area contributed by atoms with Crippen molar-refractivity contribution < 1.29 is 28.7 Å². The van der Waals surface area contributed by atoms with Gasteiger partial charge in [0, 0.05) is 12.6 Å². The Hall–Kier alpha value is -3.10. The van der Waals surface area contributed by atoms with Crippen molar-refractivity contribution in [2.45, 2.75) is 26.8 Å². The van der Waals surface area contributed by atoms with Crippen LogP contribution in [0.4, 0.5) is 4.79 Å². The van der Waals surface area contributed by atoms with Gasteiger partial charge >= 0.3 is 12.0 Å². The zero-order valence-electron chi connectivity index (χ0n) is 15.8. The number of hydrogen-bond donors (Lipinski definition) is 3. The van der Waals surface area contributed by atoms with Crippen LogP contribution in [-0.2, 0) is 14.3 Å². The fourth-order valence-corrected chi connectivity index (χ4v) is 2.04. The van der Waals surface area contributed by atoms with Gasteiger partial charge in [-0.2, -0.15) is 0 Å². The maximum Gasteiger partial charge on any atom is 0.329 e. The van der Waals surface area contributed by atoms with Crippen molar-refractivity contribution in [2.75, 3.05) is 20.3 Å². The lowest BCUT2D eigenvalue weighted by Crippen LogP contribution is -2.46. The number of nitrogens with one attached hydrogen (secondary N) is 3. The Morgan fingerprint density at radius 3 is 2.22 bits per heavy atom. The van der Waals surface area contributed by atoms with Gasteiger partial charge in [0.2, 0.25) is 0 Å². The van der Waals surface area contributed by atoms with E-state index in [0.717, 1.165) is 0 Å². The summed E-state index contributed by atoms with van der Waals surface area (Å²) in [5.41, 5.74) is 0.356. The first kappa shape index (κ1) is 21.9. The van der Waals surface area contributed by atoms with Crippen LogP contribution in [0.3, 0.4) is 0 Å². The molecule has 4 amide bonds. The highest BCUT2D eigenvalue weighted by Crippen LogP contribution is 2.13. The van der Waals surface area contributed by atoms with Crippen molar-refractivity contribution in [3.05, 3.63) is 29.8 Å². The van der Waals surface area contributed by atoms with Gasteiger partial charge < -0.3 is 20.1 Å². The highest BCUT2D eigenvalue weighted by atomic mass is 16.5. The molecule has 0 saturated heterocycles. The topological polar surface area (TPSA) is 123 Å². The fraction of sp³-hybridized carbons (Fsp3) is 0.444. The predicted octanol–water partition coefficient (Wildman–Crippen LogP) is 0.839. The minimum absolute atomic E-state index is 0.272. The lowest BCUT2D eigenvalue weighted by Gasteiger charge is -2.20. The molecule has 1 aromatic rings. The minimum Gasteiger partial charge on any atom is -0.494 e. The summed E-state index contributed by atoms with van der Waals surface area (Å²) in [6.07, 6.45) is 0. The van der Waals surface area contributed by atoms with Crippen LogP contribution >= 0.6 is 0 Å². The number of carbonyl (C=O) groups is 4. The van der Waals surface area contributed by atoms with E-state index in [9.17, 15) is 19.2 Å². The van der Waals surface area contributed by atoms with E-state index >= 15 is 0 Å². The molecular formula is C18H25N3O6. The highest BCUT2D eigenvalue weighted by molar-refractivity contribution is 5.98. The molecule has 3 N–H and O–H groups in total. The second-order valence-corrected chi connectivity index (χ2v) is 5.89. The van der Waals surface area contributed by atoms with Gasteiger partial charge in [0.05, 0.1) is 6.61 Å². The normalized spacial score (nSPS) is 11.3. The number of esters is 1. The third kappa shape index (κ3) is 7.35. The molecule has 1 aromatic carbocycles. The highest BCUT2D eigenvalue weighted by Gasteiger charge is 2.27. The van der Waals surface area contributed by atoms with Crippen LogP contribution in [0.1, 0.15) is 31.1 Å².